The highest BCUT2D eigenvalue weighted by atomic mass is 16.1. The van der Waals surface area contributed by atoms with Gasteiger partial charge in [-0.05, 0) is 34.7 Å². The van der Waals surface area contributed by atoms with Gasteiger partial charge in [0, 0.05) is 6.21 Å². The molecule has 3 heterocycles. The summed E-state index contributed by atoms with van der Waals surface area (Å²) >= 11 is 0. The predicted octanol–water partition coefficient (Wildman–Crippen LogP) is 2.11. The lowest BCUT2D eigenvalue weighted by Crippen LogP contribution is -2.23. The van der Waals surface area contributed by atoms with Crippen LogP contribution in [0.3, 0.4) is 0 Å². The zero-order valence-electron chi connectivity index (χ0n) is 12.9. The van der Waals surface area contributed by atoms with Crippen molar-refractivity contribution in [3.8, 4) is 0 Å². The maximum absolute atomic E-state index is 12.8. The third kappa shape index (κ3) is 2.08. The summed E-state index contributed by atoms with van der Waals surface area (Å²) in [4.78, 5) is 21.8. The van der Waals surface area contributed by atoms with E-state index in [1.807, 2.05) is 48.5 Å². The van der Waals surface area contributed by atoms with Crippen molar-refractivity contribution in [1.82, 2.24) is 25.0 Å². The average molecular weight is 329 g/mol. The van der Waals surface area contributed by atoms with Crippen LogP contribution in [0, 0.1) is 0 Å². The molecule has 0 fully saturated rings. The second-order valence-corrected chi connectivity index (χ2v) is 5.66. The first kappa shape index (κ1) is 13.7. The van der Waals surface area contributed by atoms with Gasteiger partial charge in [0.1, 0.15) is 11.6 Å². The van der Waals surface area contributed by atoms with Crippen molar-refractivity contribution in [3.05, 3.63) is 54.2 Å². The molecule has 120 valence electrons. The van der Waals surface area contributed by atoms with E-state index in [0.717, 1.165) is 5.52 Å². The maximum Gasteiger partial charge on any atom is 0.239 e. The number of hydrogen-bond acceptors (Lipinski definition) is 6. The second kappa shape index (κ2) is 5.17. The van der Waals surface area contributed by atoms with Gasteiger partial charge >= 0.3 is 0 Å². The van der Waals surface area contributed by atoms with E-state index in [9.17, 15) is 4.79 Å². The van der Waals surface area contributed by atoms with Gasteiger partial charge in [0.25, 0.3) is 0 Å². The van der Waals surface area contributed by atoms with Gasteiger partial charge in [-0.25, -0.2) is 4.98 Å². The Hall–Kier alpha value is -3.68. The lowest BCUT2D eigenvalue weighted by molar-refractivity contribution is -0.116. The predicted molar refractivity (Wildman–Crippen MR) is 92.0 cm³/mol. The summed E-state index contributed by atoms with van der Waals surface area (Å²) < 4.78 is 1.59. The van der Waals surface area contributed by atoms with E-state index in [-0.39, 0.29) is 5.91 Å². The van der Waals surface area contributed by atoms with Crippen LogP contribution >= 0.6 is 0 Å². The molecule has 4 aromatic rings. The topological polar surface area (TPSA) is 97.4 Å². The van der Waals surface area contributed by atoms with Crippen LogP contribution in [0.4, 0.5) is 11.4 Å². The van der Waals surface area contributed by atoms with Gasteiger partial charge in [0.15, 0.2) is 0 Å². The first-order valence-electron chi connectivity index (χ1n) is 7.72. The number of rotatable bonds is 1. The standard InChI is InChI=1S/C17H11N7O/c25-17-10(9-18-11-5-1-2-6-12(11)20-17)15-16-21-22-23-24(16)14-8-4-3-7-13(14)19-15/h1-10H,(H,20,25). The minimum absolute atomic E-state index is 0.221. The van der Waals surface area contributed by atoms with Crippen LogP contribution in [-0.4, -0.2) is 37.1 Å². The van der Waals surface area contributed by atoms with Gasteiger partial charge < -0.3 is 5.32 Å². The number of tetrazole rings is 1. The number of aromatic nitrogens is 5. The molecule has 0 saturated carbocycles. The van der Waals surface area contributed by atoms with Crippen molar-refractivity contribution in [3.63, 3.8) is 0 Å². The molecular weight excluding hydrogens is 318 g/mol. The Bertz CT molecular complexity index is 1160. The number of benzene rings is 2. The third-order valence-corrected chi connectivity index (χ3v) is 4.15. The Kier molecular flexibility index (Phi) is 2.84. The number of anilines is 1. The molecular formula is C17H11N7O. The zero-order chi connectivity index (χ0) is 16.8. The van der Waals surface area contributed by atoms with E-state index in [0.29, 0.717) is 28.2 Å². The van der Waals surface area contributed by atoms with Gasteiger partial charge in [-0.15, -0.1) is 5.10 Å². The molecule has 0 aliphatic carbocycles. The minimum atomic E-state index is -0.689. The lowest BCUT2D eigenvalue weighted by atomic mass is 10.1. The van der Waals surface area contributed by atoms with Crippen LogP contribution in [0.2, 0.25) is 0 Å². The molecule has 0 radical (unpaired) electrons. The highest BCUT2D eigenvalue weighted by Crippen LogP contribution is 2.30. The van der Waals surface area contributed by atoms with Crippen molar-refractivity contribution < 1.29 is 4.79 Å². The van der Waals surface area contributed by atoms with Crippen LogP contribution < -0.4 is 5.32 Å². The number of nitrogens with one attached hydrogen (secondary N) is 1. The number of para-hydroxylation sites is 4. The van der Waals surface area contributed by atoms with Crippen molar-refractivity contribution in [1.29, 1.82) is 0 Å². The van der Waals surface area contributed by atoms with E-state index >= 15 is 0 Å². The molecule has 2 aromatic heterocycles. The average Bonchev–Trinajstić information content (AvgIpc) is 3.07. The number of aliphatic imine (C=N–C) groups is 1. The summed E-state index contributed by atoms with van der Waals surface area (Å²) in [5.74, 6) is -0.910. The molecule has 0 saturated heterocycles. The van der Waals surface area contributed by atoms with Crippen molar-refractivity contribution in [2.75, 3.05) is 5.32 Å². The van der Waals surface area contributed by atoms with Crippen LogP contribution in [0.25, 0.3) is 16.7 Å². The Labute approximate surface area is 141 Å². The Morgan fingerprint density at radius 1 is 1.04 bits per heavy atom. The summed E-state index contributed by atoms with van der Waals surface area (Å²) in [6, 6.07) is 14.9. The molecule has 8 heteroatoms. The first-order chi connectivity index (χ1) is 12.3. The SMILES string of the molecule is O=C1Nc2ccccc2N=CC1c1nc2ccccc2n2nnnc12. The monoisotopic (exact) mass is 329 g/mol. The minimum Gasteiger partial charge on any atom is -0.323 e. The molecule has 1 amide bonds. The number of carbonyl (C=O) groups excluding carboxylic acids is 1. The van der Waals surface area contributed by atoms with E-state index in [2.05, 4.69) is 30.8 Å². The normalized spacial score (nSPS) is 16.6. The quantitative estimate of drug-likeness (QED) is 0.577. The molecule has 5 rings (SSSR count). The number of carbonyl (C=O) groups is 1. The highest BCUT2D eigenvalue weighted by Gasteiger charge is 2.28. The van der Waals surface area contributed by atoms with E-state index < -0.39 is 5.92 Å². The molecule has 0 spiro atoms. The first-order valence-corrected chi connectivity index (χ1v) is 7.72. The molecule has 1 aliphatic rings. The summed E-state index contributed by atoms with van der Waals surface area (Å²) in [5.41, 5.74) is 3.77. The fourth-order valence-corrected chi connectivity index (χ4v) is 2.96. The van der Waals surface area contributed by atoms with E-state index in [4.69, 9.17) is 0 Å². The van der Waals surface area contributed by atoms with Crippen molar-refractivity contribution in [2.45, 2.75) is 5.92 Å². The smallest absolute Gasteiger partial charge is 0.239 e. The number of hydrogen-bond donors (Lipinski definition) is 1. The molecule has 1 atom stereocenters. The highest BCUT2D eigenvalue weighted by molar-refractivity contribution is 6.10. The molecule has 1 unspecified atom stereocenters. The summed E-state index contributed by atoms with van der Waals surface area (Å²) in [5, 5.41) is 14.7. The van der Waals surface area contributed by atoms with Crippen LogP contribution in [0.15, 0.2) is 53.5 Å². The molecule has 0 bridgehead atoms. The largest absolute Gasteiger partial charge is 0.323 e. The fourth-order valence-electron chi connectivity index (χ4n) is 2.96. The van der Waals surface area contributed by atoms with Gasteiger partial charge in [0.05, 0.1) is 22.4 Å². The molecule has 2 aromatic carbocycles. The maximum atomic E-state index is 12.8. The van der Waals surface area contributed by atoms with Gasteiger partial charge in [-0.1, -0.05) is 24.3 Å². The lowest BCUT2D eigenvalue weighted by Gasteiger charge is -2.11. The van der Waals surface area contributed by atoms with Crippen molar-refractivity contribution >= 4 is 40.2 Å². The molecule has 1 aliphatic heterocycles. The number of amides is 1. The number of fused-ring (bicyclic) bond motifs is 4. The van der Waals surface area contributed by atoms with Gasteiger partial charge in [-0.3, -0.25) is 9.79 Å². The summed E-state index contributed by atoms with van der Waals surface area (Å²) in [7, 11) is 0. The number of nitrogens with zero attached hydrogens (tertiary/aromatic N) is 6. The zero-order valence-corrected chi connectivity index (χ0v) is 12.9. The molecule has 1 N–H and O–H groups in total. The fraction of sp³-hybridized carbons (Fsp3) is 0.0588. The Morgan fingerprint density at radius 3 is 2.84 bits per heavy atom. The second-order valence-electron chi connectivity index (χ2n) is 5.66. The van der Waals surface area contributed by atoms with Gasteiger partial charge in [-0.2, -0.15) is 4.52 Å². The summed E-state index contributed by atoms with van der Waals surface area (Å²) in [6.07, 6.45) is 1.59. The Morgan fingerprint density at radius 2 is 1.88 bits per heavy atom. The Balaban J connectivity index is 1.73. The van der Waals surface area contributed by atoms with Crippen molar-refractivity contribution in [2.24, 2.45) is 4.99 Å². The van der Waals surface area contributed by atoms with E-state index in [1.165, 1.54) is 0 Å². The van der Waals surface area contributed by atoms with Gasteiger partial charge in [0.2, 0.25) is 11.6 Å². The summed E-state index contributed by atoms with van der Waals surface area (Å²) in [6.45, 7) is 0. The van der Waals surface area contributed by atoms with E-state index in [1.54, 1.807) is 10.7 Å². The molecule has 25 heavy (non-hydrogen) atoms. The van der Waals surface area contributed by atoms with Crippen LogP contribution in [0.1, 0.15) is 11.6 Å². The molecule has 8 nitrogen and oxygen atoms in total. The van der Waals surface area contributed by atoms with Crippen LogP contribution in [-0.2, 0) is 4.79 Å². The third-order valence-electron chi connectivity index (χ3n) is 4.15. The van der Waals surface area contributed by atoms with Crippen LogP contribution in [0.5, 0.6) is 0 Å².